The quantitative estimate of drug-likeness (QED) is 0.527. The predicted molar refractivity (Wildman–Crippen MR) is 122 cm³/mol. The Kier molecular flexibility index (Phi) is 7.01. The van der Waals surface area contributed by atoms with E-state index in [9.17, 15) is 15.2 Å². The van der Waals surface area contributed by atoms with E-state index in [0.29, 0.717) is 27.7 Å². The van der Waals surface area contributed by atoms with E-state index in [4.69, 9.17) is 27.9 Å². The molecule has 0 unspecified atom stereocenters. The minimum atomic E-state index is -0.544. The van der Waals surface area contributed by atoms with Crippen LogP contribution in [-0.2, 0) is 13.0 Å². The monoisotopic (exact) mass is 455 g/mol. The fraction of sp³-hybridized carbons (Fsp3) is 0.174. The second kappa shape index (κ2) is 9.69. The molecule has 0 atom stereocenters. The topological polar surface area (TPSA) is 87.6 Å². The van der Waals surface area contributed by atoms with Gasteiger partial charge in [-0.05, 0) is 54.8 Å². The van der Waals surface area contributed by atoms with Crippen molar-refractivity contribution in [3.63, 3.8) is 0 Å². The van der Waals surface area contributed by atoms with Crippen LogP contribution in [0.5, 0.6) is 11.6 Å². The molecule has 3 aromatic rings. The SMILES string of the molecule is COc1ccc(CCn2c(O)c(C=Nc3ccc(Cl)c(Cl)c3)c(C)c(C#N)c2=O)cc1. The van der Waals surface area contributed by atoms with Gasteiger partial charge in [-0.15, -0.1) is 0 Å². The molecule has 0 aliphatic heterocycles. The van der Waals surface area contributed by atoms with E-state index in [1.54, 1.807) is 32.2 Å². The lowest BCUT2D eigenvalue weighted by atomic mass is 10.1. The highest BCUT2D eigenvalue weighted by Crippen LogP contribution is 2.27. The van der Waals surface area contributed by atoms with Crippen LogP contribution in [0.3, 0.4) is 0 Å². The molecule has 31 heavy (non-hydrogen) atoms. The van der Waals surface area contributed by atoms with E-state index < -0.39 is 5.56 Å². The molecule has 1 N–H and O–H groups in total. The van der Waals surface area contributed by atoms with Crippen molar-refractivity contribution in [2.24, 2.45) is 4.99 Å². The first-order chi connectivity index (χ1) is 14.8. The molecule has 0 bridgehead atoms. The number of halogens is 2. The molecule has 1 heterocycles. The Morgan fingerprint density at radius 1 is 1.19 bits per heavy atom. The maximum absolute atomic E-state index is 12.8. The third kappa shape index (κ3) is 4.91. The van der Waals surface area contributed by atoms with E-state index in [-0.39, 0.29) is 23.6 Å². The molecule has 0 spiro atoms. The summed E-state index contributed by atoms with van der Waals surface area (Å²) in [6.45, 7) is 1.79. The number of nitrogens with zero attached hydrogens (tertiary/aromatic N) is 3. The number of ether oxygens (including phenoxy) is 1. The number of methoxy groups -OCH3 is 1. The zero-order chi connectivity index (χ0) is 22.5. The van der Waals surface area contributed by atoms with Gasteiger partial charge in [-0.3, -0.25) is 14.4 Å². The number of benzene rings is 2. The van der Waals surface area contributed by atoms with Crippen LogP contribution in [0, 0.1) is 18.3 Å². The summed E-state index contributed by atoms with van der Waals surface area (Å²) in [5.74, 6) is 0.477. The van der Waals surface area contributed by atoms with Crippen molar-refractivity contribution in [1.82, 2.24) is 4.57 Å². The summed E-state index contributed by atoms with van der Waals surface area (Å²) in [6.07, 6.45) is 1.89. The fourth-order valence-corrected chi connectivity index (χ4v) is 3.36. The van der Waals surface area contributed by atoms with Crippen LogP contribution < -0.4 is 10.3 Å². The number of hydrogen-bond donors (Lipinski definition) is 1. The largest absolute Gasteiger partial charge is 0.497 e. The highest BCUT2D eigenvalue weighted by Gasteiger charge is 2.18. The van der Waals surface area contributed by atoms with Gasteiger partial charge in [0.05, 0.1) is 28.4 Å². The van der Waals surface area contributed by atoms with Crippen LogP contribution in [0.15, 0.2) is 52.3 Å². The van der Waals surface area contributed by atoms with Crippen LogP contribution in [0.2, 0.25) is 10.0 Å². The van der Waals surface area contributed by atoms with Crippen molar-refractivity contribution in [2.75, 3.05) is 7.11 Å². The highest BCUT2D eigenvalue weighted by molar-refractivity contribution is 6.42. The van der Waals surface area contributed by atoms with Gasteiger partial charge >= 0.3 is 0 Å². The molecule has 0 amide bonds. The first-order valence-corrected chi connectivity index (χ1v) is 10.1. The first kappa shape index (κ1) is 22.4. The van der Waals surface area contributed by atoms with Gasteiger partial charge in [0, 0.05) is 12.8 Å². The number of aliphatic imine (C=N–C) groups is 1. The van der Waals surface area contributed by atoms with Crippen LogP contribution in [0.25, 0.3) is 0 Å². The minimum Gasteiger partial charge on any atom is -0.497 e. The van der Waals surface area contributed by atoms with E-state index in [0.717, 1.165) is 11.3 Å². The van der Waals surface area contributed by atoms with E-state index in [1.807, 2.05) is 30.3 Å². The van der Waals surface area contributed by atoms with E-state index >= 15 is 0 Å². The molecule has 0 fully saturated rings. The maximum Gasteiger partial charge on any atom is 0.271 e. The van der Waals surface area contributed by atoms with Crippen LogP contribution in [0.4, 0.5) is 5.69 Å². The summed E-state index contributed by atoms with van der Waals surface area (Å²) in [4.78, 5) is 17.1. The van der Waals surface area contributed by atoms with E-state index in [1.165, 1.54) is 10.8 Å². The van der Waals surface area contributed by atoms with Gasteiger partial charge < -0.3 is 9.84 Å². The molecular weight excluding hydrogens is 437 g/mol. The van der Waals surface area contributed by atoms with Gasteiger partial charge in [0.15, 0.2) is 0 Å². The fourth-order valence-electron chi connectivity index (χ4n) is 3.07. The van der Waals surface area contributed by atoms with Crippen molar-refractivity contribution in [1.29, 1.82) is 5.26 Å². The first-order valence-electron chi connectivity index (χ1n) is 9.34. The van der Waals surface area contributed by atoms with Crippen molar-refractivity contribution in [3.05, 3.63) is 85.1 Å². The summed E-state index contributed by atoms with van der Waals surface area (Å²) < 4.78 is 6.33. The summed E-state index contributed by atoms with van der Waals surface area (Å²) in [7, 11) is 1.59. The molecule has 3 rings (SSSR count). The van der Waals surface area contributed by atoms with Gasteiger partial charge in [-0.1, -0.05) is 35.3 Å². The summed E-state index contributed by atoms with van der Waals surface area (Å²) in [5.41, 5.74) is 1.53. The number of aryl methyl sites for hydroxylation is 1. The second-order valence-corrected chi connectivity index (χ2v) is 7.57. The van der Waals surface area contributed by atoms with Gasteiger partial charge in [-0.2, -0.15) is 5.26 Å². The standard InChI is InChI=1S/C23H19Cl2N3O3/c1-14-18(12-26)22(29)28(10-9-15-3-6-17(31-2)7-4-15)23(30)19(14)13-27-16-5-8-20(24)21(25)11-16/h3-8,11,13,30H,9-10H2,1-2H3. The van der Waals surface area contributed by atoms with Crippen LogP contribution in [0.1, 0.15) is 22.3 Å². The number of pyridine rings is 1. The lowest BCUT2D eigenvalue weighted by Crippen LogP contribution is -2.26. The lowest BCUT2D eigenvalue weighted by Gasteiger charge is -2.14. The molecule has 6 nitrogen and oxygen atoms in total. The Balaban J connectivity index is 1.97. The van der Waals surface area contributed by atoms with Crippen molar-refractivity contribution in [2.45, 2.75) is 19.9 Å². The second-order valence-electron chi connectivity index (χ2n) is 6.76. The Labute approximate surface area is 189 Å². The normalized spacial score (nSPS) is 10.9. The van der Waals surface area contributed by atoms with Gasteiger partial charge in [0.1, 0.15) is 17.4 Å². The zero-order valence-corrected chi connectivity index (χ0v) is 18.4. The van der Waals surface area contributed by atoms with Crippen LogP contribution in [-0.4, -0.2) is 23.0 Å². The number of aromatic nitrogens is 1. The van der Waals surface area contributed by atoms with Crippen molar-refractivity contribution < 1.29 is 9.84 Å². The lowest BCUT2D eigenvalue weighted by molar-refractivity contribution is 0.404. The number of nitriles is 1. The summed E-state index contributed by atoms with van der Waals surface area (Å²) in [6, 6.07) is 14.2. The Morgan fingerprint density at radius 2 is 1.90 bits per heavy atom. The molecule has 2 aromatic carbocycles. The minimum absolute atomic E-state index is 0.0388. The maximum atomic E-state index is 12.8. The van der Waals surface area contributed by atoms with Gasteiger partial charge in [0.25, 0.3) is 5.56 Å². The van der Waals surface area contributed by atoms with Crippen molar-refractivity contribution in [3.8, 4) is 17.7 Å². The van der Waals surface area contributed by atoms with Crippen molar-refractivity contribution >= 4 is 35.1 Å². The predicted octanol–water partition coefficient (Wildman–Crippen LogP) is 5.04. The number of rotatable bonds is 6. The van der Waals surface area contributed by atoms with Crippen LogP contribution >= 0.6 is 23.2 Å². The summed E-state index contributed by atoms with van der Waals surface area (Å²) >= 11 is 11.9. The molecule has 0 saturated carbocycles. The van der Waals surface area contributed by atoms with Gasteiger partial charge in [-0.25, -0.2) is 0 Å². The third-order valence-corrected chi connectivity index (χ3v) is 5.61. The molecule has 0 aliphatic rings. The molecule has 1 aromatic heterocycles. The Morgan fingerprint density at radius 3 is 2.52 bits per heavy atom. The average Bonchev–Trinajstić information content (AvgIpc) is 2.76. The molecule has 0 radical (unpaired) electrons. The zero-order valence-electron chi connectivity index (χ0n) is 16.9. The highest BCUT2D eigenvalue weighted by atomic mass is 35.5. The van der Waals surface area contributed by atoms with Gasteiger partial charge in [0.2, 0.25) is 5.88 Å². The molecule has 0 aliphatic carbocycles. The number of hydrogen-bond acceptors (Lipinski definition) is 5. The average molecular weight is 456 g/mol. The summed E-state index contributed by atoms with van der Waals surface area (Å²) in [5, 5.41) is 21.0. The molecule has 8 heteroatoms. The molecule has 158 valence electrons. The Hall–Kier alpha value is -3.27. The molecule has 0 saturated heterocycles. The third-order valence-electron chi connectivity index (χ3n) is 4.88. The Bertz CT molecular complexity index is 1240. The smallest absolute Gasteiger partial charge is 0.271 e. The molecular formula is C23H19Cl2N3O3. The number of aromatic hydroxyl groups is 1. The van der Waals surface area contributed by atoms with E-state index in [2.05, 4.69) is 4.99 Å².